The molecule has 0 aromatic heterocycles. The van der Waals surface area contributed by atoms with E-state index in [-0.39, 0.29) is 6.61 Å². The van der Waals surface area contributed by atoms with Crippen LogP contribution in [0.2, 0.25) is 0 Å². The maximum atomic E-state index is 11.6. The molecule has 0 fully saturated rings. The number of hydrogen-bond donors (Lipinski definition) is 1. The molecule has 0 unspecified atom stereocenters. The molecule has 0 saturated carbocycles. The summed E-state index contributed by atoms with van der Waals surface area (Å²) in [6.45, 7) is 1.88. The van der Waals surface area contributed by atoms with Crippen molar-refractivity contribution in [3.63, 3.8) is 0 Å². The second-order valence-corrected chi connectivity index (χ2v) is 5.35. The fourth-order valence-corrected chi connectivity index (χ4v) is 2.14. The average Bonchev–Trinajstić information content (AvgIpc) is 2.65. The molecule has 2 rings (SSSR count). The minimum Gasteiger partial charge on any atom is -0.493 e. The van der Waals surface area contributed by atoms with Crippen molar-refractivity contribution in [3.8, 4) is 11.5 Å². The summed E-state index contributed by atoms with van der Waals surface area (Å²) in [5, 5.41) is 2.64. The molecule has 0 bridgehead atoms. The van der Waals surface area contributed by atoms with Crippen molar-refractivity contribution in [3.05, 3.63) is 65.7 Å². The Labute approximate surface area is 152 Å². The molecule has 136 valence electrons. The van der Waals surface area contributed by atoms with E-state index in [1.807, 2.05) is 36.4 Å². The molecule has 0 aliphatic carbocycles. The van der Waals surface area contributed by atoms with Crippen molar-refractivity contribution in [2.24, 2.45) is 0 Å². The van der Waals surface area contributed by atoms with Gasteiger partial charge in [0.1, 0.15) is 6.61 Å². The summed E-state index contributed by atoms with van der Waals surface area (Å²) < 4.78 is 15.4. The van der Waals surface area contributed by atoms with E-state index in [1.165, 1.54) is 14.0 Å². The summed E-state index contributed by atoms with van der Waals surface area (Å²) in [5.41, 5.74) is 1.77. The topological polar surface area (TPSA) is 73.9 Å². The highest BCUT2D eigenvalue weighted by molar-refractivity contribution is 5.71. The van der Waals surface area contributed by atoms with Gasteiger partial charge in [0.15, 0.2) is 11.5 Å². The van der Waals surface area contributed by atoms with Gasteiger partial charge in [-0.25, -0.2) is 4.79 Å². The zero-order valence-electron chi connectivity index (χ0n) is 14.7. The Morgan fingerprint density at radius 2 is 1.85 bits per heavy atom. The Bertz CT molecular complexity index is 771. The van der Waals surface area contributed by atoms with Crippen molar-refractivity contribution in [1.29, 1.82) is 0 Å². The molecule has 0 aliphatic heterocycles. The van der Waals surface area contributed by atoms with Crippen LogP contribution in [0, 0.1) is 0 Å². The van der Waals surface area contributed by atoms with Crippen LogP contribution in [0.4, 0.5) is 4.79 Å². The van der Waals surface area contributed by atoms with Crippen LogP contribution in [0.3, 0.4) is 0 Å². The first-order valence-corrected chi connectivity index (χ1v) is 8.06. The summed E-state index contributed by atoms with van der Waals surface area (Å²) in [6.07, 6.45) is 3.11. The first-order chi connectivity index (χ1) is 12.6. The fourth-order valence-electron chi connectivity index (χ4n) is 2.14. The van der Waals surface area contributed by atoms with Crippen LogP contribution >= 0.6 is 0 Å². The van der Waals surface area contributed by atoms with Crippen molar-refractivity contribution in [1.82, 2.24) is 5.32 Å². The molecule has 2 aromatic rings. The standard InChI is InChI=1S/C20H21NO5/c1-15(22)26-18-11-10-16(13-19(18)24-2)9-6-12-21-20(23)25-14-17-7-4-3-5-8-17/h3-11,13H,12,14H2,1-2H3,(H,21,23). The van der Waals surface area contributed by atoms with E-state index in [2.05, 4.69) is 5.32 Å². The van der Waals surface area contributed by atoms with Gasteiger partial charge in [0, 0.05) is 13.5 Å². The average molecular weight is 355 g/mol. The molecular weight excluding hydrogens is 334 g/mol. The van der Waals surface area contributed by atoms with Gasteiger partial charge in [-0.15, -0.1) is 0 Å². The number of ether oxygens (including phenoxy) is 3. The molecular formula is C20H21NO5. The van der Waals surface area contributed by atoms with Crippen molar-refractivity contribution >= 4 is 18.1 Å². The van der Waals surface area contributed by atoms with Gasteiger partial charge in [0.25, 0.3) is 0 Å². The lowest BCUT2D eigenvalue weighted by molar-refractivity contribution is -0.132. The molecule has 0 spiro atoms. The Morgan fingerprint density at radius 3 is 2.54 bits per heavy atom. The lowest BCUT2D eigenvalue weighted by Crippen LogP contribution is -2.24. The quantitative estimate of drug-likeness (QED) is 0.607. The number of carbonyl (C=O) groups is 2. The molecule has 1 amide bonds. The maximum absolute atomic E-state index is 11.6. The predicted molar refractivity (Wildman–Crippen MR) is 98.0 cm³/mol. The van der Waals surface area contributed by atoms with E-state index in [0.717, 1.165) is 11.1 Å². The third kappa shape index (κ3) is 6.32. The van der Waals surface area contributed by atoms with Gasteiger partial charge < -0.3 is 19.5 Å². The fraction of sp³-hybridized carbons (Fsp3) is 0.200. The van der Waals surface area contributed by atoms with Crippen LogP contribution in [-0.2, 0) is 16.1 Å². The van der Waals surface area contributed by atoms with Gasteiger partial charge in [0.05, 0.1) is 7.11 Å². The van der Waals surface area contributed by atoms with E-state index < -0.39 is 12.1 Å². The Kier molecular flexibility index (Phi) is 7.24. The number of alkyl carbamates (subject to hydrolysis) is 1. The van der Waals surface area contributed by atoms with Gasteiger partial charge in [-0.3, -0.25) is 4.79 Å². The molecule has 0 atom stereocenters. The molecule has 6 heteroatoms. The van der Waals surface area contributed by atoms with Gasteiger partial charge in [0.2, 0.25) is 0 Å². The summed E-state index contributed by atoms with van der Waals surface area (Å²) in [7, 11) is 1.50. The summed E-state index contributed by atoms with van der Waals surface area (Å²) >= 11 is 0. The maximum Gasteiger partial charge on any atom is 0.407 e. The van der Waals surface area contributed by atoms with E-state index in [9.17, 15) is 9.59 Å². The van der Waals surface area contributed by atoms with Crippen LogP contribution in [0.15, 0.2) is 54.6 Å². The predicted octanol–water partition coefficient (Wildman–Crippen LogP) is 3.56. The molecule has 0 aliphatic rings. The number of methoxy groups -OCH3 is 1. The number of esters is 1. The first-order valence-electron chi connectivity index (χ1n) is 8.06. The Balaban J connectivity index is 1.80. The third-order valence-electron chi connectivity index (χ3n) is 3.33. The first kappa shape index (κ1) is 19.1. The van der Waals surface area contributed by atoms with E-state index in [0.29, 0.717) is 18.0 Å². The highest BCUT2D eigenvalue weighted by atomic mass is 16.6. The number of rotatable bonds is 7. The van der Waals surface area contributed by atoms with E-state index >= 15 is 0 Å². The number of nitrogens with one attached hydrogen (secondary N) is 1. The highest BCUT2D eigenvalue weighted by Gasteiger charge is 2.07. The highest BCUT2D eigenvalue weighted by Crippen LogP contribution is 2.28. The molecule has 0 heterocycles. The third-order valence-corrected chi connectivity index (χ3v) is 3.33. The second-order valence-electron chi connectivity index (χ2n) is 5.35. The van der Waals surface area contributed by atoms with Gasteiger partial charge >= 0.3 is 12.1 Å². The molecule has 26 heavy (non-hydrogen) atoms. The van der Waals surface area contributed by atoms with Crippen LogP contribution < -0.4 is 14.8 Å². The van der Waals surface area contributed by atoms with Crippen molar-refractivity contribution in [2.75, 3.05) is 13.7 Å². The Morgan fingerprint density at radius 1 is 1.08 bits per heavy atom. The normalized spacial score (nSPS) is 10.4. The molecule has 1 N–H and O–H groups in total. The zero-order chi connectivity index (χ0) is 18.8. The smallest absolute Gasteiger partial charge is 0.407 e. The number of carbonyl (C=O) groups excluding carboxylic acids is 2. The summed E-state index contributed by atoms with van der Waals surface area (Å²) in [5.74, 6) is 0.405. The minimum atomic E-state index is -0.485. The number of hydrogen-bond acceptors (Lipinski definition) is 5. The molecule has 0 radical (unpaired) electrons. The zero-order valence-corrected chi connectivity index (χ0v) is 14.7. The van der Waals surface area contributed by atoms with Gasteiger partial charge in [-0.05, 0) is 23.3 Å². The lowest BCUT2D eigenvalue weighted by atomic mass is 10.2. The largest absolute Gasteiger partial charge is 0.493 e. The van der Waals surface area contributed by atoms with Crippen LogP contribution in [0.1, 0.15) is 18.1 Å². The minimum absolute atomic E-state index is 0.227. The molecule has 0 saturated heterocycles. The van der Waals surface area contributed by atoms with Crippen LogP contribution in [0.5, 0.6) is 11.5 Å². The van der Waals surface area contributed by atoms with Gasteiger partial charge in [-0.1, -0.05) is 48.6 Å². The Hall–Kier alpha value is -3.28. The van der Waals surface area contributed by atoms with Crippen LogP contribution in [0.25, 0.3) is 6.08 Å². The number of benzene rings is 2. The van der Waals surface area contributed by atoms with Crippen molar-refractivity contribution in [2.45, 2.75) is 13.5 Å². The van der Waals surface area contributed by atoms with Crippen LogP contribution in [-0.4, -0.2) is 25.7 Å². The number of amides is 1. The SMILES string of the molecule is COc1cc(C=CCNC(=O)OCc2ccccc2)ccc1OC(C)=O. The van der Waals surface area contributed by atoms with E-state index in [4.69, 9.17) is 14.2 Å². The lowest BCUT2D eigenvalue weighted by Gasteiger charge is -2.08. The van der Waals surface area contributed by atoms with Crippen molar-refractivity contribution < 1.29 is 23.8 Å². The summed E-state index contributed by atoms with van der Waals surface area (Å²) in [6, 6.07) is 14.6. The summed E-state index contributed by atoms with van der Waals surface area (Å²) in [4.78, 5) is 22.7. The molecule has 6 nitrogen and oxygen atoms in total. The monoisotopic (exact) mass is 355 g/mol. The van der Waals surface area contributed by atoms with E-state index in [1.54, 1.807) is 24.3 Å². The molecule has 2 aromatic carbocycles. The van der Waals surface area contributed by atoms with Gasteiger partial charge in [-0.2, -0.15) is 0 Å². The second kappa shape index (κ2) is 9.88.